The Kier molecular flexibility index (Phi) is 4.53. The number of ether oxygens (including phenoxy) is 1. The van der Waals surface area contributed by atoms with E-state index in [1.807, 2.05) is 24.3 Å². The standard InChI is InChI=1S/C20H25N3O4/c1-22-13-18(25)23(19(22)26)12-17(24)21-15-11-20(9-5-2-6-10-20)27-16-8-4-3-7-14(15)16/h3-4,7-8,15H,2,5-6,9-13H2,1H3,(H,21,24). The molecular formula is C20H25N3O4. The number of amides is 4. The lowest BCUT2D eigenvalue weighted by molar-refractivity contribution is -0.131. The minimum Gasteiger partial charge on any atom is -0.487 e. The summed E-state index contributed by atoms with van der Waals surface area (Å²) >= 11 is 0. The number of urea groups is 1. The molecule has 1 atom stereocenters. The molecule has 1 saturated carbocycles. The fourth-order valence-electron chi connectivity index (χ4n) is 4.46. The number of imide groups is 1. The predicted molar refractivity (Wildman–Crippen MR) is 98.1 cm³/mol. The van der Waals surface area contributed by atoms with Crippen molar-refractivity contribution in [3.05, 3.63) is 29.8 Å². The largest absolute Gasteiger partial charge is 0.487 e. The van der Waals surface area contributed by atoms with Gasteiger partial charge in [-0.2, -0.15) is 0 Å². The summed E-state index contributed by atoms with van der Waals surface area (Å²) in [5.41, 5.74) is 0.725. The van der Waals surface area contributed by atoms with Gasteiger partial charge in [-0.15, -0.1) is 0 Å². The summed E-state index contributed by atoms with van der Waals surface area (Å²) in [6, 6.07) is 7.19. The Hall–Kier alpha value is -2.57. The second-order valence-electron chi connectivity index (χ2n) is 7.83. The number of fused-ring (bicyclic) bond motifs is 1. The number of para-hydroxylation sites is 1. The Bertz CT molecular complexity index is 772. The Morgan fingerprint density at radius 1 is 1.22 bits per heavy atom. The van der Waals surface area contributed by atoms with Gasteiger partial charge in [0.05, 0.1) is 6.04 Å². The lowest BCUT2D eigenvalue weighted by Crippen LogP contribution is -2.48. The summed E-state index contributed by atoms with van der Waals surface area (Å²) in [6.45, 7) is -0.218. The quantitative estimate of drug-likeness (QED) is 0.827. The molecule has 4 amide bonds. The summed E-state index contributed by atoms with van der Waals surface area (Å²) in [4.78, 5) is 38.9. The number of likely N-dealkylation sites (N-methyl/N-ethyl adjacent to an activating group) is 1. The molecule has 7 nitrogen and oxygen atoms in total. The van der Waals surface area contributed by atoms with Crippen LogP contribution in [0.3, 0.4) is 0 Å². The zero-order valence-electron chi connectivity index (χ0n) is 15.6. The molecule has 1 spiro atoms. The highest BCUT2D eigenvalue weighted by molar-refractivity contribution is 6.04. The monoisotopic (exact) mass is 371 g/mol. The van der Waals surface area contributed by atoms with E-state index in [2.05, 4.69) is 5.32 Å². The number of benzene rings is 1. The van der Waals surface area contributed by atoms with E-state index in [0.29, 0.717) is 0 Å². The third kappa shape index (κ3) is 3.38. The summed E-state index contributed by atoms with van der Waals surface area (Å²) < 4.78 is 6.38. The molecule has 0 bridgehead atoms. The van der Waals surface area contributed by atoms with Crippen LogP contribution in [0.5, 0.6) is 5.75 Å². The zero-order valence-corrected chi connectivity index (χ0v) is 15.6. The fraction of sp³-hybridized carbons (Fsp3) is 0.550. The number of hydrogen-bond acceptors (Lipinski definition) is 4. The Morgan fingerprint density at radius 3 is 2.67 bits per heavy atom. The predicted octanol–water partition coefficient (Wildman–Crippen LogP) is 2.22. The minimum absolute atomic E-state index is 0.0231. The lowest BCUT2D eigenvalue weighted by Gasteiger charge is -2.44. The number of hydrogen-bond donors (Lipinski definition) is 1. The molecular weight excluding hydrogens is 346 g/mol. The number of carbonyl (C=O) groups is 3. The van der Waals surface area contributed by atoms with Crippen LogP contribution in [0.25, 0.3) is 0 Å². The average Bonchev–Trinajstić information content (AvgIpc) is 2.88. The molecule has 27 heavy (non-hydrogen) atoms. The fourth-order valence-corrected chi connectivity index (χ4v) is 4.46. The SMILES string of the molecule is CN1CC(=O)N(CC(=O)NC2CC3(CCCCC3)Oc3ccccc32)C1=O. The van der Waals surface area contributed by atoms with E-state index < -0.39 is 6.03 Å². The van der Waals surface area contributed by atoms with E-state index >= 15 is 0 Å². The van der Waals surface area contributed by atoms with E-state index in [0.717, 1.165) is 48.3 Å². The highest BCUT2D eigenvalue weighted by Gasteiger charge is 2.42. The van der Waals surface area contributed by atoms with Gasteiger partial charge >= 0.3 is 6.03 Å². The highest BCUT2D eigenvalue weighted by Crippen LogP contribution is 2.45. The van der Waals surface area contributed by atoms with Crippen LogP contribution in [0.15, 0.2) is 24.3 Å². The molecule has 0 radical (unpaired) electrons. The smallest absolute Gasteiger partial charge is 0.327 e. The van der Waals surface area contributed by atoms with Crippen molar-refractivity contribution in [2.45, 2.75) is 50.2 Å². The van der Waals surface area contributed by atoms with Crippen molar-refractivity contribution in [2.75, 3.05) is 20.1 Å². The molecule has 7 heteroatoms. The van der Waals surface area contributed by atoms with Crippen molar-refractivity contribution in [1.82, 2.24) is 15.1 Å². The van der Waals surface area contributed by atoms with Gasteiger partial charge in [0, 0.05) is 19.0 Å². The minimum atomic E-state index is -0.425. The molecule has 2 heterocycles. The second kappa shape index (κ2) is 6.87. The third-order valence-corrected chi connectivity index (χ3v) is 5.83. The van der Waals surface area contributed by atoms with Crippen molar-refractivity contribution < 1.29 is 19.1 Å². The van der Waals surface area contributed by atoms with E-state index in [1.54, 1.807) is 7.05 Å². The first-order chi connectivity index (χ1) is 13.0. The van der Waals surface area contributed by atoms with Crippen LogP contribution >= 0.6 is 0 Å². The first-order valence-electron chi connectivity index (χ1n) is 9.60. The summed E-state index contributed by atoms with van der Waals surface area (Å²) in [5, 5.41) is 3.05. The van der Waals surface area contributed by atoms with Crippen LogP contribution in [0.2, 0.25) is 0 Å². The summed E-state index contributed by atoms with van der Waals surface area (Å²) in [6.07, 6.45) is 6.18. The maximum atomic E-state index is 12.6. The maximum Gasteiger partial charge on any atom is 0.327 e. The Morgan fingerprint density at radius 2 is 1.96 bits per heavy atom. The lowest BCUT2D eigenvalue weighted by atomic mass is 9.77. The van der Waals surface area contributed by atoms with Gasteiger partial charge in [0.2, 0.25) is 5.91 Å². The summed E-state index contributed by atoms with van der Waals surface area (Å²) in [7, 11) is 1.56. The average molecular weight is 371 g/mol. The van der Waals surface area contributed by atoms with Gasteiger partial charge in [-0.25, -0.2) is 4.79 Å². The van der Waals surface area contributed by atoms with Gasteiger partial charge < -0.3 is 15.0 Å². The second-order valence-corrected chi connectivity index (χ2v) is 7.83. The van der Waals surface area contributed by atoms with Crippen molar-refractivity contribution in [3.63, 3.8) is 0 Å². The highest BCUT2D eigenvalue weighted by atomic mass is 16.5. The Balaban J connectivity index is 1.51. The van der Waals surface area contributed by atoms with E-state index in [-0.39, 0.29) is 36.5 Å². The van der Waals surface area contributed by atoms with Crippen LogP contribution in [-0.4, -0.2) is 53.4 Å². The molecule has 1 N–H and O–H groups in total. The van der Waals surface area contributed by atoms with Crippen molar-refractivity contribution in [2.24, 2.45) is 0 Å². The van der Waals surface area contributed by atoms with Gasteiger partial charge in [0.15, 0.2) is 0 Å². The van der Waals surface area contributed by atoms with Crippen molar-refractivity contribution in [1.29, 1.82) is 0 Å². The normalized spacial score (nSPS) is 24.0. The topological polar surface area (TPSA) is 79.0 Å². The molecule has 0 aromatic heterocycles. The number of rotatable bonds is 3. The molecule has 1 unspecified atom stereocenters. The molecule has 4 rings (SSSR count). The Labute approximate surface area is 158 Å². The molecule has 3 aliphatic rings. The maximum absolute atomic E-state index is 12.6. The molecule has 2 fully saturated rings. The molecule has 2 aliphatic heterocycles. The molecule has 1 aromatic carbocycles. The first-order valence-corrected chi connectivity index (χ1v) is 9.60. The zero-order chi connectivity index (χ0) is 19.0. The van der Waals surface area contributed by atoms with E-state index in [1.165, 1.54) is 11.3 Å². The van der Waals surface area contributed by atoms with E-state index in [9.17, 15) is 14.4 Å². The van der Waals surface area contributed by atoms with Gasteiger partial charge in [-0.1, -0.05) is 24.6 Å². The summed E-state index contributed by atoms with van der Waals surface area (Å²) in [5.74, 6) is 0.164. The van der Waals surface area contributed by atoms with Crippen LogP contribution in [0.1, 0.15) is 50.1 Å². The van der Waals surface area contributed by atoms with E-state index in [4.69, 9.17) is 4.74 Å². The first kappa shape index (κ1) is 17.8. The molecule has 1 aliphatic carbocycles. The third-order valence-electron chi connectivity index (χ3n) is 5.83. The van der Waals surface area contributed by atoms with Crippen molar-refractivity contribution in [3.8, 4) is 5.75 Å². The molecule has 144 valence electrons. The number of nitrogens with one attached hydrogen (secondary N) is 1. The van der Waals surface area contributed by atoms with Crippen LogP contribution < -0.4 is 10.1 Å². The van der Waals surface area contributed by atoms with Gasteiger partial charge in [-0.05, 0) is 31.7 Å². The molecule has 1 saturated heterocycles. The van der Waals surface area contributed by atoms with Crippen LogP contribution in [-0.2, 0) is 9.59 Å². The number of nitrogens with zero attached hydrogens (tertiary/aromatic N) is 2. The van der Waals surface area contributed by atoms with Crippen LogP contribution in [0.4, 0.5) is 4.79 Å². The van der Waals surface area contributed by atoms with Crippen LogP contribution in [0, 0.1) is 0 Å². The number of carbonyl (C=O) groups excluding carboxylic acids is 3. The van der Waals surface area contributed by atoms with Gasteiger partial charge in [0.1, 0.15) is 24.4 Å². The van der Waals surface area contributed by atoms with Gasteiger partial charge in [-0.3, -0.25) is 14.5 Å². The van der Waals surface area contributed by atoms with Crippen molar-refractivity contribution >= 4 is 17.8 Å². The molecule has 1 aromatic rings. The van der Waals surface area contributed by atoms with Gasteiger partial charge in [0.25, 0.3) is 5.91 Å².